The highest BCUT2D eigenvalue weighted by Gasteiger charge is 2.48. The minimum absolute atomic E-state index is 0.0626. The molecule has 0 radical (unpaired) electrons. The molecule has 1 fully saturated rings. The maximum atomic E-state index is 15.1. The first kappa shape index (κ1) is 20.6. The maximum absolute atomic E-state index is 15.1. The molecule has 0 bridgehead atoms. The second-order valence-corrected chi connectivity index (χ2v) is 5.86. The summed E-state index contributed by atoms with van der Waals surface area (Å²) in [5.41, 5.74) is 9.50. The Labute approximate surface area is 155 Å². The molecular formula is C17H20FN3O6. The van der Waals surface area contributed by atoms with Gasteiger partial charge in [-0.2, -0.15) is 0 Å². The van der Waals surface area contributed by atoms with Gasteiger partial charge in [-0.05, 0) is 11.1 Å². The fourth-order valence-electron chi connectivity index (χ4n) is 2.62. The number of hydrogen-bond donors (Lipinski definition) is 0. The van der Waals surface area contributed by atoms with Gasteiger partial charge < -0.3 is 18.9 Å². The summed E-state index contributed by atoms with van der Waals surface area (Å²) in [7, 11) is 0. The van der Waals surface area contributed by atoms with Gasteiger partial charge in [-0.1, -0.05) is 35.4 Å². The largest absolute Gasteiger partial charge is 0.463 e. The van der Waals surface area contributed by atoms with Gasteiger partial charge in [-0.25, -0.2) is 4.39 Å². The molecule has 10 heteroatoms. The molecule has 146 valence electrons. The van der Waals surface area contributed by atoms with Crippen molar-refractivity contribution in [3.8, 4) is 0 Å². The number of rotatable bonds is 7. The summed E-state index contributed by atoms with van der Waals surface area (Å²) in [5, 5.41) is 3.35. The van der Waals surface area contributed by atoms with Crippen molar-refractivity contribution >= 4 is 11.9 Å². The highest BCUT2D eigenvalue weighted by molar-refractivity contribution is 5.66. The van der Waals surface area contributed by atoms with Crippen molar-refractivity contribution in [2.75, 3.05) is 6.61 Å². The predicted octanol–water partition coefficient (Wildman–Crippen LogP) is 2.44. The van der Waals surface area contributed by atoms with E-state index in [-0.39, 0.29) is 13.2 Å². The summed E-state index contributed by atoms with van der Waals surface area (Å²) in [6.45, 7) is 2.06. The van der Waals surface area contributed by atoms with Crippen LogP contribution >= 0.6 is 0 Å². The molecular weight excluding hydrogens is 361 g/mol. The van der Waals surface area contributed by atoms with Crippen LogP contribution in [0.3, 0.4) is 0 Å². The molecule has 0 aromatic heterocycles. The maximum Gasteiger partial charge on any atom is 0.304 e. The lowest BCUT2D eigenvalue weighted by atomic mass is 9.98. The van der Waals surface area contributed by atoms with Crippen LogP contribution in [0.2, 0.25) is 0 Å². The van der Waals surface area contributed by atoms with Crippen molar-refractivity contribution in [1.29, 1.82) is 0 Å². The number of ether oxygens (including phenoxy) is 4. The van der Waals surface area contributed by atoms with Gasteiger partial charge in [0, 0.05) is 18.8 Å². The molecule has 0 spiro atoms. The Kier molecular flexibility index (Phi) is 7.54. The third-order valence-corrected chi connectivity index (χ3v) is 3.80. The molecule has 0 N–H and O–H groups in total. The first-order valence-electron chi connectivity index (χ1n) is 8.22. The number of halogens is 1. The Balaban J connectivity index is 2.20. The molecule has 9 nitrogen and oxygen atoms in total. The van der Waals surface area contributed by atoms with E-state index in [2.05, 4.69) is 10.0 Å². The molecule has 0 amide bonds. The Morgan fingerprint density at radius 2 is 1.96 bits per heavy atom. The summed E-state index contributed by atoms with van der Waals surface area (Å²) in [6.07, 6.45) is -5.55. The Bertz CT molecular complexity index is 697. The zero-order valence-corrected chi connectivity index (χ0v) is 14.9. The van der Waals surface area contributed by atoms with Crippen LogP contribution in [0.1, 0.15) is 19.4 Å². The van der Waals surface area contributed by atoms with E-state index in [1.165, 1.54) is 6.92 Å². The van der Waals surface area contributed by atoms with Crippen LogP contribution in [-0.4, -0.2) is 49.3 Å². The van der Waals surface area contributed by atoms with Crippen molar-refractivity contribution in [3.05, 3.63) is 46.3 Å². The van der Waals surface area contributed by atoms with Crippen LogP contribution in [0.4, 0.5) is 4.39 Å². The quantitative estimate of drug-likeness (QED) is 0.310. The molecule has 5 atom stereocenters. The van der Waals surface area contributed by atoms with E-state index in [1.807, 2.05) is 6.07 Å². The Morgan fingerprint density at radius 1 is 1.26 bits per heavy atom. The number of carbonyl (C=O) groups excluding carboxylic acids is 2. The minimum atomic E-state index is -1.84. The monoisotopic (exact) mass is 381 g/mol. The molecule has 1 heterocycles. The normalized spacial score (nSPS) is 27.3. The average Bonchev–Trinajstić information content (AvgIpc) is 2.62. The summed E-state index contributed by atoms with van der Waals surface area (Å²) < 4.78 is 36.1. The van der Waals surface area contributed by atoms with Crippen molar-refractivity contribution in [2.45, 2.75) is 51.2 Å². The summed E-state index contributed by atoms with van der Waals surface area (Å²) >= 11 is 0. The second kappa shape index (κ2) is 9.86. The fraction of sp³-hybridized carbons (Fsp3) is 0.529. The first-order chi connectivity index (χ1) is 12.9. The number of azide groups is 1. The lowest BCUT2D eigenvalue weighted by Gasteiger charge is -2.40. The lowest BCUT2D eigenvalue weighted by molar-refractivity contribution is -0.259. The third-order valence-electron chi connectivity index (χ3n) is 3.80. The van der Waals surface area contributed by atoms with Crippen LogP contribution in [0, 0.1) is 0 Å². The zero-order chi connectivity index (χ0) is 19.8. The third kappa shape index (κ3) is 5.92. The van der Waals surface area contributed by atoms with Crippen LogP contribution < -0.4 is 0 Å². The second-order valence-electron chi connectivity index (χ2n) is 5.86. The molecule has 1 aromatic carbocycles. The standard InChI is InChI=1S/C17H20FN3O6/c1-10(22)24-9-13-16(25-8-12-6-4-3-5-7-12)14(18)15(20-21-19)17(27-13)26-11(2)23/h3-7,13-17H,8-9H2,1-2H3/t13?,14?,15?,16-,17-/m1/s1. The number of carbonyl (C=O) groups is 2. The van der Waals surface area contributed by atoms with Gasteiger partial charge >= 0.3 is 11.9 Å². The van der Waals surface area contributed by atoms with Crippen molar-refractivity contribution in [3.63, 3.8) is 0 Å². The van der Waals surface area contributed by atoms with E-state index in [0.717, 1.165) is 12.5 Å². The molecule has 1 saturated heterocycles. The summed E-state index contributed by atoms with van der Waals surface area (Å²) in [4.78, 5) is 25.0. The smallest absolute Gasteiger partial charge is 0.304 e. The van der Waals surface area contributed by atoms with E-state index in [4.69, 9.17) is 24.5 Å². The van der Waals surface area contributed by atoms with Gasteiger partial charge in [0.25, 0.3) is 0 Å². The van der Waals surface area contributed by atoms with Gasteiger partial charge in [0.05, 0.1) is 6.61 Å². The van der Waals surface area contributed by atoms with E-state index < -0.39 is 42.7 Å². The molecule has 1 aliphatic rings. The lowest BCUT2D eigenvalue weighted by Crippen LogP contribution is -2.58. The topological polar surface area (TPSA) is 120 Å². The molecule has 27 heavy (non-hydrogen) atoms. The van der Waals surface area contributed by atoms with Crippen molar-refractivity contribution < 1.29 is 32.9 Å². The highest BCUT2D eigenvalue weighted by atomic mass is 19.1. The molecule has 1 aliphatic heterocycles. The van der Waals surface area contributed by atoms with Crippen molar-refractivity contribution in [1.82, 2.24) is 0 Å². The Morgan fingerprint density at radius 3 is 2.56 bits per heavy atom. The number of esters is 2. The molecule has 2 rings (SSSR count). The van der Waals surface area contributed by atoms with Gasteiger partial charge in [0.1, 0.15) is 31.0 Å². The van der Waals surface area contributed by atoms with Crippen molar-refractivity contribution in [2.24, 2.45) is 5.11 Å². The highest BCUT2D eigenvalue weighted by Crippen LogP contribution is 2.30. The first-order valence-corrected chi connectivity index (χ1v) is 8.22. The van der Waals surface area contributed by atoms with E-state index >= 15 is 4.39 Å². The number of alkyl halides is 1. The molecule has 0 aliphatic carbocycles. The fourth-order valence-corrected chi connectivity index (χ4v) is 2.62. The zero-order valence-electron chi connectivity index (χ0n) is 14.9. The summed E-state index contributed by atoms with van der Waals surface area (Å²) in [6, 6.07) is 7.59. The van der Waals surface area contributed by atoms with Gasteiger partial charge in [0.2, 0.25) is 6.29 Å². The van der Waals surface area contributed by atoms with E-state index in [1.54, 1.807) is 24.3 Å². The number of benzene rings is 1. The molecule has 3 unspecified atom stereocenters. The SMILES string of the molecule is CC(=O)OCC1O[C@@H](OC(C)=O)C(N=[N+]=[N-])C(F)[C@@H]1OCc1ccccc1. The van der Waals surface area contributed by atoms with E-state index in [0.29, 0.717) is 0 Å². The van der Waals surface area contributed by atoms with E-state index in [9.17, 15) is 9.59 Å². The molecule has 1 aromatic rings. The van der Waals surface area contributed by atoms with Gasteiger partial charge in [0.15, 0.2) is 0 Å². The van der Waals surface area contributed by atoms with Gasteiger partial charge in [-0.15, -0.1) is 0 Å². The van der Waals surface area contributed by atoms with Crippen LogP contribution in [0.15, 0.2) is 35.4 Å². The minimum Gasteiger partial charge on any atom is -0.463 e. The Hall–Kier alpha value is -2.68. The number of hydrogen-bond acceptors (Lipinski definition) is 7. The molecule has 0 saturated carbocycles. The summed E-state index contributed by atoms with van der Waals surface area (Å²) in [5.74, 6) is -1.32. The predicted molar refractivity (Wildman–Crippen MR) is 89.9 cm³/mol. The van der Waals surface area contributed by atoms with Crippen LogP contribution in [-0.2, 0) is 35.1 Å². The van der Waals surface area contributed by atoms with Gasteiger partial charge in [-0.3, -0.25) is 9.59 Å². The van der Waals surface area contributed by atoms with Crippen LogP contribution in [0.25, 0.3) is 10.4 Å². The number of nitrogens with zero attached hydrogens (tertiary/aromatic N) is 3. The average molecular weight is 381 g/mol. The van der Waals surface area contributed by atoms with Crippen LogP contribution in [0.5, 0.6) is 0 Å².